The summed E-state index contributed by atoms with van der Waals surface area (Å²) in [7, 11) is 1.67. The minimum atomic E-state index is -0.440. The van der Waals surface area contributed by atoms with Crippen LogP contribution >= 0.6 is 15.9 Å². The van der Waals surface area contributed by atoms with Crippen molar-refractivity contribution in [2.45, 2.75) is 31.2 Å². The van der Waals surface area contributed by atoms with E-state index in [0.717, 1.165) is 17.7 Å². The summed E-state index contributed by atoms with van der Waals surface area (Å²) in [5.74, 6) is 0.856. The SMILES string of the molecule is COc1ccc2c(c1)CC(C)(C)[C@@H](Br)[C@H]2O. The number of rotatable bonds is 1. The van der Waals surface area contributed by atoms with Crippen LogP contribution < -0.4 is 4.74 Å². The maximum Gasteiger partial charge on any atom is 0.119 e. The number of fused-ring (bicyclic) bond motifs is 1. The van der Waals surface area contributed by atoms with Gasteiger partial charge in [0.15, 0.2) is 0 Å². The predicted molar refractivity (Wildman–Crippen MR) is 68.2 cm³/mol. The Balaban J connectivity index is 2.46. The number of alkyl halides is 1. The molecule has 1 aliphatic carbocycles. The van der Waals surface area contributed by atoms with E-state index in [-0.39, 0.29) is 10.2 Å². The Morgan fingerprint density at radius 3 is 2.75 bits per heavy atom. The van der Waals surface area contributed by atoms with E-state index in [4.69, 9.17) is 4.74 Å². The lowest BCUT2D eigenvalue weighted by molar-refractivity contribution is 0.112. The van der Waals surface area contributed by atoms with Crippen LogP contribution in [0.4, 0.5) is 0 Å². The van der Waals surface area contributed by atoms with E-state index in [0.29, 0.717) is 0 Å². The third-order valence-electron chi connectivity index (χ3n) is 3.34. The molecule has 1 N–H and O–H groups in total. The zero-order chi connectivity index (χ0) is 11.9. The molecule has 1 aromatic carbocycles. The van der Waals surface area contributed by atoms with Gasteiger partial charge in [0.1, 0.15) is 5.75 Å². The molecule has 0 spiro atoms. The van der Waals surface area contributed by atoms with Crippen molar-refractivity contribution < 1.29 is 9.84 Å². The molecule has 0 unspecified atom stereocenters. The first-order valence-electron chi connectivity index (χ1n) is 5.44. The zero-order valence-corrected chi connectivity index (χ0v) is 11.4. The fourth-order valence-corrected chi connectivity index (χ4v) is 2.77. The summed E-state index contributed by atoms with van der Waals surface area (Å²) in [5.41, 5.74) is 2.26. The summed E-state index contributed by atoms with van der Waals surface area (Å²) in [4.78, 5) is 0.0981. The van der Waals surface area contributed by atoms with E-state index >= 15 is 0 Å². The van der Waals surface area contributed by atoms with Crippen molar-refractivity contribution in [3.63, 3.8) is 0 Å². The largest absolute Gasteiger partial charge is 0.497 e. The second-order valence-corrected chi connectivity index (χ2v) is 6.06. The number of benzene rings is 1. The van der Waals surface area contributed by atoms with E-state index < -0.39 is 6.10 Å². The summed E-state index contributed by atoms with van der Waals surface area (Å²) in [5, 5.41) is 10.2. The Hall–Kier alpha value is -0.540. The first kappa shape index (κ1) is 11.9. The molecule has 0 saturated heterocycles. The van der Waals surface area contributed by atoms with Gasteiger partial charge >= 0.3 is 0 Å². The van der Waals surface area contributed by atoms with Crippen LogP contribution in [0, 0.1) is 5.41 Å². The standard InChI is InChI=1S/C13H17BrO2/c1-13(2)7-8-6-9(16-3)4-5-10(8)11(15)12(13)14/h4-6,11-12,15H,7H2,1-3H3/t11-,12-/m0/s1. The van der Waals surface area contributed by atoms with Crippen LogP contribution in [0.5, 0.6) is 5.75 Å². The molecule has 3 heteroatoms. The molecular formula is C13H17BrO2. The van der Waals surface area contributed by atoms with E-state index in [2.05, 4.69) is 29.8 Å². The molecule has 0 aliphatic heterocycles. The number of hydrogen-bond donors (Lipinski definition) is 1. The molecule has 16 heavy (non-hydrogen) atoms. The van der Waals surface area contributed by atoms with Crippen molar-refractivity contribution in [1.29, 1.82) is 0 Å². The molecule has 0 aromatic heterocycles. The molecule has 0 saturated carbocycles. The van der Waals surface area contributed by atoms with Gasteiger partial charge in [-0.05, 0) is 35.1 Å². The molecule has 0 radical (unpaired) electrons. The van der Waals surface area contributed by atoms with Gasteiger partial charge in [0.25, 0.3) is 0 Å². The second kappa shape index (κ2) is 4.04. The van der Waals surface area contributed by atoms with Gasteiger partial charge in [0.05, 0.1) is 18.0 Å². The van der Waals surface area contributed by atoms with Crippen LogP contribution in [0.15, 0.2) is 18.2 Å². The van der Waals surface area contributed by atoms with Crippen molar-refractivity contribution in [1.82, 2.24) is 0 Å². The molecule has 0 heterocycles. The molecule has 2 atom stereocenters. The number of halogens is 1. The van der Waals surface area contributed by atoms with Crippen molar-refractivity contribution >= 4 is 15.9 Å². The van der Waals surface area contributed by atoms with E-state index in [9.17, 15) is 5.11 Å². The highest BCUT2D eigenvalue weighted by molar-refractivity contribution is 9.09. The molecule has 0 bridgehead atoms. The summed E-state index contributed by atoms with van der Waals surface area (Å²) in [6.07, 6.45) is 0.511. The molecule has 1 aromatic rings. The fourth-order valence-electron chi connectivity index (χ4n) is 2.32. The Labute approximate surface area is 105 Å². The Morgan fingerprint density at radius 1 is 1.44 bits per heavy atom. The number of aliphatic hydroxyl groups excluding tert-OH is 1. The topological polar surface area (TPSA) is 29.5 Å². The van der Waals surface area contributed by atoms with Crippen LogP contribution in [-0.4, -0.2) is 17.0 Å². The lowest BCUT2D eigenvalue weighted by Crippen LogP contribution is -2.36. The Morgan fingerprint density at radius 2 is 2.12 bits per heavy atom. The van der Waals surface area contributed by atoms with Gasteiger partial charge in [-0.1, -0.05) is 35.8 Å². The molecule has 88 valence electrons. The third kappa shape index (κ3) is 1.87. The minimum absolute atomic E-state index is 0.0543. The van der Waals surface area contributed by atoms with Gasteiger partial charge < -0.3 is 9.84 Å². The van der Waals surface area contributed by atoms with E-state index in [1.54, 1.807) is 7.11 Å². The van der Waals surface area contributed by atoms with Gasteiger partial charge in [-0.3, -0.25) is 0 Å². The van der Waals surface area contributed by atoms with Crippen LogP contribution in [-0.2, 0) is 6.42 Å². The molecule has 0 fully saturated rings. The van der Waals surface area contributed by atoms with Gasteiger partial charge in [-0.25, -0.2) is 0 Å². The number of methoxy groups -OCH3 is 1. The lowest BCUT2D eigenvalue weighted by Gasteiger charge is -2.39. The fraction of sp³-hybridized carbons (Fsp3) is 0.538. The Bertz CT molecular complexity index is 401. The molecule has 2 nitrogen and oxygen atoms in total. The normalized spacial score (nSPS) is 27.3. The van der Waals surface area contributed by atoms with Crippen LogP contribution in [0.2, 0.25) is 0 Å². The molecule has 0 amide bonds. The number of hydrogen-bond acceptors (Lipinski definition) is 2. The molecular weight excluding hydrogens is 268 g/mol. The van der Waals surface area contributed by atoms with Crippen molar-refractivity contribution in [3.05, 3.63) is 29.3 Å². The second-order valence-electron chi connectivity index (χ2n) is 5.08. The summed E-state index contributed by atoms with van der Waals surface area (Å²) < 4.78 is 5.22. The smallest absolute Gasteiger partial charge is 0.119 e. The quantitative estimate of drug-likeness (QED) is 0.803. The van der Waals surface area contributed by atoms with Crippen LogP contribution in [0.1, 0.15) is 31.1 Å². The summed E-state index contributed by atoms with van der Waals surface area (Å²) >= 11 is 3.60. The maximum absolute atomic E-state index is 10.2. The van der Waals surface area contributed by atoms with Gasteiger partial charge in [0, 0.05) is 0 Å². The van der Waals surface area contributed by atoms with Crippen LogP contribution in [0.25, 0.3) is 0 Å². The highest BCUT2D eigenvalue weighted by Gasteiger charge is 2.39. The molecule has 2 rings (SSSR count). The highest BCUT2D eigenvalue weighted by atomic mass is 79.9. The molecule has 1 aliphatic rings. The summed E-state index contributed by atoms with van der Waals surface area (Å²) in [6, 6.07) is 5.89. The maximum atomic E-state index is 10.2. The predicted octanol–water partition coefficient (Wildman–Crippen LogP) is 3.07. The first-order chi connectivity index (χ1) is 7.45. The van der Waals surface area contributed by atoms with Crippen molar-refractivity contribution in [3.8, 4) is 5.75 Å². The number of aliphatic hydroxyl groups is 1. The van der Waals surface area contributed by atoms with E-state index in [1.165, 1.54) is 5.56 Å². The first-order valence-corrected chi connectivity index (χ1v) is 6.36. The van der Waals surface area contributed by atoms with Crippen LogP contribution in [0.3, 0.4) is 0 Å². The highest BCUT2D eigenvalue weighted by Crippen LogP contribution is 2.45. The van der Waals surface area contributed by atoms with Gasteiger partial charge in [-0.2, -0.15) is 0 Å². The zero-order valence-electron chi connectivity index (χ0n) is 9.83. The average molecular weight is 285 g/mol. The van der Waals surface area contributed by atoms with Gasteiger partial charge in [-0.15, -0.1) is 0 Å². The number of ether oxygens (including phenoxy) is 1. The lowest BCUT2D eigenvalue weighted by atomic mass is 9.73. The minimum Gasteiger partial charge on any atom is -0.497 e. The van der Waals surface area contributed by atoms with Crippen molar-refractivity contribution in [2.24, 2.45) is 5.41 Å². The Kier molecular flexibility index (Phi) is 3.01. The monoisotopic (exact) mass is 284 g/mol. The third-order valence-corrected chi connectivity index (χ3v) is 5.08. The average Bonchev–Trinajstić information content (AvgIpc) is 2.25. The summed E-state index contributed by atoms with van der Waals surface area (Å²) in [6.45, 7) is 4.33. The van der Waals surface area contributed by atoms with E-state index in [1.807, 2.05) is 18.2 Å². The van der Waals surface area contributed by atoms with Crippen molar-refractivity contribution in [2.75, 3.05) is 7.11 Å². The van der Waals surface area contributed by atoms with Gasteiger partial charge in [0.2, 0.25) is 0 Å².